The number of aromatic nitrogens is 3. The van der Waals surface area contributed by atoms with Gasteiger partial charge in [0, 0.05) is 13.1 Å². The zero-order chi connectivity index (χ0) is 20.8. The number of furan rings is 1. The summed E-state index contributed by atoms with van der Waals surface area (Å²) >= 11 is 3.05. The average Bonchev–Trinajstić information content (AvgIpc) is 3.53. The first-order valence-corrected chi connectivity index (χ1v) is 11.5. The van der Waals surface area contributed by atoms with Crippen molar-refractivity contribution in [1.82, 2.24) is 19.7 Å². The van der Waals surface area contributed by atoms with Crippen molar-refractivity contribution in [2.24, 2.45) is 0 Å². The van der Waals surface area contributed by atoms with Crippen LogP contribution in [0.15, 0.2) is 75.8 Å². The predicted molar refractivity (Wildman–Crippen MR) is 119 cm³/mol. The van der Waals surface area contributed by atoms with Gasteiger partial charge in [0.2, 0.25) is 5.91 Å². The molecule has 0 N–H and O–H groups in total. The minimum Gasteiger partial charge on any atom is -0.467 e. The van der Waals surface area contributed by atoms with Crippen molar-refractivity contribution in [2.75, 3.05) is 5.75 Å². The molecule has 4 aromatic rings. The third-order valence-electron chi connectivity index (χ3n) is 4.60. The van der Waals surface area contributed by atoms with Gasteiger partial charge in [0.1, 0.15) is 5.76 Å². The number of hydrogen-bond donors (Lipinski definition) is 0. The second kappa shape index (κ2) is 9.77. The van der Waals surface area contributed by atoms with Crippen LogP contribution < -0.4 is 0 Å². The normalized spacial score (nSPS) is 11.0. The molecule has 0 radical (unpaired) electrons. The third-order valence-corrected chi connectivity index (χ3v) is 6.41. The fourth-order valence-corrected chi connectivity index (χ4v) is 4.74. The molecular weight excluding hydrogens is 416 g/mol. The summed E-state index contributed by atoms with van der Waals surface area (Å²) in [5, 5.41) is 11.5. The highest BCUT2D eigenvalue weighted by Gasteiger charge is 2.19. The first-order chi connectivity index (χ1) is 14.7. The number of thioether (sulfide) groups is 1. The van der Waals surface area contributed by atoms with Crippen molar-refractivity contribution in [3.05, 3.63) is 77.6 Å². The van der Waals surface area contributed by atoms with Crippen LogP contribution in [0.25, 0.3) is 10.7 Å². The molecule has 0 spiro atoms. The molecule has 4 rings (SSSR count). The molecular formula is C22H22N4O2S2. The lowest BCUT2D eigenvalue weighted by molar-refractivity contribution is -0.129. The van der Waals surface area contributed by atoms with Crippen molar-refractivity contribution in [3.8, 4) is 10.7 Å². The maximum Gasteiger partial charge on any atom is 0.233 e. The molecule has 8 heteroatoms. The molecule has 0 bridgehead atoms. The molecule has 0 unspecified atom stereocenters. The molecule has 0 saturated heterocycles. The van der Waals surface area contributed by atoms with E-state index < -0.39 is 0 Å². The van der Waals surface area contributed by atoms with Crippen LogP contribution in [0.4, 0.5) is 0 Å². The van der Waals surface area contributed by atoms with Gasteiger partial charge in [-0.25, -0.2) is 0 Å². The minimum atomic E-state index is 0.0311. The van der Waals surface area contributed by atoms with Crippen LogP contribution >= 0.6 is 23.1 Å². The largest absolute Gasteiger partial charge is 0.467 e. The lowest BCUT2D eigenvalue weighted by atomic mass is 10.2. The second-order valence-corrected chi connectivity index (χ2v) is 8.52. The molecule has 0 saturated carbocycles. The van der Waals surface area contributed by atoms with E-state index in [1.165, 1.54) is 11.8 Å². The Hall–Kier alpha value is -2.84. The van der Waals surface area contributed by atoms with Crippen LogP contribution in [0, 0.1) is 0 Å². The Morgan fingerprint density at radius 1 is 1.10 bits per heavy atom. The Kier molecular flexibility index (Phi) is 6.66. The van der Waals surface area contributed by atoms with E-state index >= 15 is 0 Å². The Labute approximate surface area is 183 Å². The highest BCUT2D eigenvalue weighted by atomic mass is 32.2. The zero-order valence-corrected chi connectivity index (χ0v) is 18.2. The lowest BCUT2D eigenvalue weighted by Gasteiger charge is -2.21. The summed E-state index contributed by atoms with van der Waals surface area (Å²) in [6.07, 6.45) is 1.63. The summed E-state index contributed by atoms with van der Waals surface area (Å²) in [4.78, 5) is 16.0. The molecule has 1 aromatic carbocycles. The van der Waals surface area contributed by atoms with Crippen molar-refractivity contribution in [3.63, 3.8) is 0 Å². The van der Waals surface area contributed by atoms with E-state index in [0.29, 0.717) is 13.1 Å². The van der Waals surface area contributed by atoms with Gasteiger partial charge in [-0.05, 0) is 36.1 Å². The van der Waals surface area contributed by atoms with Crippen LogP contribution in [0.3, 0.4) is 0 Å². The molecule has 30 heavy (non-hydrogen) atoms. The van der Waals surface area contributed by atoms with Crippen LogP contribution in [-0.2, 0) is 24.4 Å². The van der Waals surface area contributed by atoms with E-state index in [1.54, 1.807) is 17.6 Å². The van der Waals surface area contributed by atoms with Crippen molar-refractivity contribution in [1.29, 1.82) is 0 Å². The van der Waals surface area contributed by atoms with Crippen LogP contribution in [0.5, 0.6) is 0 Å². The lowest BCUT2D eigenvalue weighted by Crippen LogP contribution is -2.31. The number of carbonyl (C=O) groups excluding carboxylic acids is 1. The van der Waals surface area contributed by atoms with Crippen molar-refractivity contribution < 1.29 is 9.21 Å². The predicted octanol–water partition coefficient (Wildman–Crippen LogP) is 4.94. The van der Waals surface area contributed by atoms with Crippen LogP contribution in [-0.4, -0.2) is 31.3 Å². The Bertz CT molecular complexity index is 1060. The summed E-state index contributed by atoms with van der Waals surface area (Å²) in [7, 11) is 0. The Morgan fingerprint density at radius 3 is 2.67 bits per heavy atom. The fourth-order valence-electron chi connectivity index (χ4n) is 3.11. The smallest absolute Gasteiger partial charge is 0.233 e. The average molecular weight is 439 g/mol. The van der Waals surface area contributed by atoms with E-state index in [2.05, 4.69) is 21.7 Å². The van der Waals surface area contributed by atoms with E-state index in [1.807, 2.05) is 64.9 Å². The second-order valence-electron chi connectivity index (χ2n) is 6.63. The number of hydrogen-bond acceptors (Lipinski definition) is 6. The zero-order valence-electron chi connectivity index (χ0n) is 16.6. The number of nitrogens with zero attached hydrogens (tertiary/aromatic N) is 4. The highest BCUT2D eigenvalue weighted by molar-refractivity contribution is 7.99. The molecule has 0 aliphatic rings. The standard InChI is InChI=1S/C22H22N4O2S2/c1-2-26-21(19-11-7-13-29-19)23-24-22(26)30-16-20(27)25(15-18-10-6-12-28-18)14-17-8-4-3-5-9-17/h3-13H,2,14-16H2,1H3. The van der Waals surface area contributed by atoms with Crippen LogP contribution in [0.2, 0.25) is 0 Å². The van der Waals surface area contributed by atoms with Gasteiger partial charge in [0.25, 0.3) is 0 Å². The van der Waals surface area contributed by atoms with Crippen LogP contribution in [0.1, 0.15) is 18.2 Å². The molecule has 1 amide bonds. The fraction of sp³-hybridized carbons (Fsp3) is 0.227. The van der Waals surface area contributed by atoms with E-state index in [9.17, 15) is 4.79 Å². The van der Waals surface area contributed by atoms with E-state index in [0.717, 1.165) is 33.7 Å². The number of rotatable bonds is 9. The van der Waals surface area contributed by atoms with Crippen molar-refractivity contribution in [2.45, 2.75) is 31.7 Å². The summed E-state index contributed by atoms with van der Waals surface area (Å²) in [6.45, 7) is 3.77. The molecule has 0 fully saturated rings. The summed E-state index contributed by atoms with van der Waals surface area (Å²) in [6, 6.07) is 17.7. The van der Waals surface area contributed by atoms with Gasteiger partial charge in [-0.1, -0.05) is 48.2 Å². The number of carbonyl (C=O) groups is 1. The molecule has 3 heterocycles. The first-order valence-electron chi connectivity index (χ1n) is 9.68. The van der Waals surface area contributed by atoms with Gasteiger partial charge < -0.3 is 13.9 Å². The molecule has 0 atom stereocenters. The maximum atomic E-state index is 13.1. The van der Waals surface area contributed by atoms with E-state index in [4.69, 9.17) is 4.42 Å². The SMILES string of the molecule is CCn1c(SCC(=O)N(Cc2ccccc2)Cc2ccco2)nnc1-c1cccs1. The minimum absolute atomic E-state index is 0.0311. The Balaban J connectivity index is 1.47. The highest BCUT2D eigenvalue weighted by Crippen LogP contribution is 2.27. The van der Waals surface area contributed by atoms with Gasteiger partial charge in [-0.15, -0.1) is 21.5 Å². The van der Waals surface area contributed by atoms with Gasteiger partial charge >= 0.3 is 0 Å². The molecule has 0 aliphatic carbocycles. The van der Waals surface area contributed by atoms with E-state index in [-0.39, 0.29) is 11.7 Å². The summed E-state index contributed by atoms with van der Waals surface area (Å²) in [5.74, 6) is 1.93. The maximum absolute atomic E-state index is 13.1. The van der Waals surface area contributed by atoms with Crippen molar-refractivity contribution >= 4 is 29.0 Å². The quantitative estimate of drug-likeness (QED) is 0.346. The van der Waals surface area contributed by atoms with Gasteiger partial charge in [-0.2, -0.15) is 0 Å². The Morgan fingerprint density at radius 2 is 1.97 bits per heavy atom. The van der Waals surface area contributed by atoms with Gasteiger partial charge in [0.05, 0.1) is 23.4 Å². The number of benzene rings is 1. The first kappa shape index (κ1) is 20.4. The molecule has 0 aliphatic heterocycles. The molecule has 154 valence electrons. The number of thiophene rings is 1. The molecule has 6 nitrogen and oxygen atoms in total. The van der Waals surface area contributed by atoms with Gasteiger partial charge in [-0.3, -0.25) is 4.79 Å². The monoisotopic (exact) mass is 438 g/mol. The number of amides is 1. The third kappa shape index (κ3) is 4.83. The summed E-state index contributed by atoms with van der Waals surface area (Å²) < 4.78 is 7.52. The van der Waals surface area contributed by atoms with Gasteiger partial charge in [0.15, 0.2) is 11.0 Å². The topological polar surface area (TPSA) is 64.2 Å². The summed E-state index contributed by atoms with van der Waals surface area (Å²) in [5.41, 5.74) is 1.08. The molecule has 3 aromatic heterocycles.